The summed E-state index contributed by atoms with van der Waals surface area (Å²) in [5.74, 6) is 0. The van der Waals surface area contributed by atoms with Crippen LogP contribution < -0.4 is 5.73 Å². The zero-order valence-corrected chi connectivity index (χ0v) is 10.1. The highest BCUT2D eigenvalue weighted by molar-refractivity contribution is 5.65. The Morgan fingerprint density at radius 1 is 1.29 bits per heavy atom. The van der Waals surface area contributed by atoms with Gasteiger partial charge in [-0.25, -0.2) is 0 Å². The van der Waals surface area contributed by atoms with E-state index in [0.717, 1.165) is 19.4 Å². The van der Waals surface area contributed by atoms with E-state index in [0.29, 0.717) is 0 Å². The van der Waals surface area contributed by atoms with Gasteiger partial charge in [-0.05, 0) is 19.8 Å². The first kappa shape index (κ1) is 10.5. The summed E-state index contributed by atoms with van der Waals surface area (Å²) in [5, 5.41) is 4.45. The fourth-order valence-corrected chi connectivity index (χ4v) is 2.29. The van der Waals surface area contributed by atoms with E-state index < -0.39 is 0 Å². The zero-order chi connectivity index (χ0) is 11.9. The second kappa shape index (κ2) is 3.70. The highest BCUT2D eigenvalue weighted by Crippen LogP contribution is 2.46. The summed E-state index contributed by atoms with van der Waals surface area (Å²) in [6.45, 7) is 2.99. The molecule has 2 aromatic rings. The number of rotatable bonds is 3. The Morgan fingerprint density at radius 3 is 2.59 bits per heavy atom. The number of hydrogen-bond donors (Lipinski definition) is 1. The van der Waals surface area contributed by atoms with Crippen molar-refractivity contribution < 1.29 is 0 Å². The van der Waals surface area contributed by atoms with Crippen LogP contribution in [0.3, 0.4) is 0 Å². The van der Waals surface area contributed by atoms with E-state index in [-0.39, 0.29) is 5.54 Å². The van der Waals surface area contributed by atoms with Gasteiger partial charge in [0.2, 0.25) is 0 Å². The Morgan fingerprint density at radius 2 is 2.00 bits per heavy atom. The number of nitrogens with zero attached hydrogens (tertiary/aromatic N) is 2. The van der Waals surface area contributed by atoms with Crippen molar-refractivity contribution in [2.45, 2.75) is 31.8 Å². The summed E-state index contributed by atoms with van der Waals surface area (Å²) in [4.78, 5) is 0. The molecule has 1 aliphatic rings. The Labute approximate surface area is 101 Å². The number of benzene rings is 1. The van der Waals surface area contributed by atoms with E-state index >= 15 is 0 Å². The maximum atomic E-state index is 6.32. The first-order valence-electron chi connectivity index (χ1n) is 6.15. The summed E-state index contributed by atoms with van der Waals surface area (Å²) < 4.78 is 2.04. The Bertz CT molecular complexity index is 524. The molecule has 1 aromatic carbocycles. The van der Waals surface area contributed by atoms with Gasteiger partial charge in [0.1, 0.15) is 0 Å². The van der Waals surface area contributed by atoms with Crippen molar-refractivity contribution in [2.75, 3.05) is 0 Å². The van der Waals surface area contributed by atoms with E-state index in [1.807, 2.05) is 16.9 Å². The van der Waals surface area contributed by atoms with Crippen LogP contribution in [-0.2, 0) is 12.1 Å². The molecule has 3 nitrogen and oxygen atoms in total. The number of aryl methyl sites for hydroxylation is 1. The number of nitrogens with two attached hydrogens (primary N) is 1. The van der Waals surface area contributed by atoms with Crippen LogP contribution in [-0.4, -0.2) is 9.78 Å². The third-order valence-corrected chi connectivity index (χ3v) is 3.51. The molecule has 0 radical (unpaired) electrons. The molecule has 1 aromatic heterocycles. The first-order valence-corrected chi connectivity index (χ1v) is 6.15. The van der Waals surface area contributed by atoms with Gasteiger partial charge in [-0.15, -0.1) is 0 Å². The van der Waals surface area contributed by atoms with Crippen molar-refractivity contribution in [1.29, 1.82) is 0 Å². The van der Waals surface area contributed by atoms with Gasteiger partial charge in [0.05, 0.1) is 11.9 Å². The molecule has 1 aliphatic carbocycles. The van der Waals surface area contributed by atoms with Gasteiger partial charge in [-0.1, -0.05) is 30.3 Å². The molecule has 88 valence electrons. The first-order chi connectivity index (χ1) is 8.24. The lowest BCUT2D eigenvalue weighted by Gasteiger charge is -2.12. The fraction of sp³-hybridized carbons (Fsp3) is 0.357. The van der Waals surface area contributed by atoms with Crippen LogP contribution in [0.15, 0.2) is 36.5 Å². The molecule has 0 unspecified atom stereocenters. The molecule has 1 saturated carbocycles. The maximum Gasteiger partial charge on any atom is 0.0732 e. The van der Waals surface area contributed by atoms with Crippen LogP contribution in [0.25, 0.3) is 11.3 Å². The Kier molecular flexibility index (Phi) is 2.30. The minimum absolute atomic E-state index is 0.126. The molecule has 0 amide bonds. The SMILES string of the molecule is CCn1ncc(C2(N)CC2)c1-c1ccccc1. The summed E-state index contributed by atoms with van der Waals surface area (Å²) in [7, 11) is 0. The smallest absolute Gasteiger partial charge is 0.0732 e. The van der Waals surface area contributed by atoms with E-state index in [9.17, 15) is 0 Å². The maximum absolute atomic E-state index is 6.32. The fourth-order valence-electron chi connectivity index (χ4n) is 2.29. The molecular weight excluding hydrogens is 210 g/mol. The van der Waals surface area contributed by atoms with Gasteiger partial charge < -0.3 is 5.73 Å². The van der Waals surface area contributed by atoms with E-state index in [1.165, 1.54) is 16.8 Å². The molecule has 3 rings (SSSR count). The van der Waals surface area contributed by atoms with Crippen LogP contribution in [0.2, 0.25) is 0 Å². The average molecular weight is 227 g/mol. The molecule has 2 N–H and O–H groups in total. The van der Waals surface area contributed by atoms with E-state index in [1.54, 1.807) is 0 Å². The average Bonchev–Trinajstić information content (AvgIpc) is 2.96. The lowest BCUT2D eigenvalue weighted by Crippen LogP contribution is -2.19. The standard InChI is InChI=1S/C14H17N3/c1-2-17-13(11-6-4-3-5-7-11)12(10-16-17)14(15)8-9-14/h3-7,10H,2,8-9,15H2,1H3. The predicted octanol–water partition coefficient (Wildman–Crippen LogP) is 2.52. The molecule has 1 fully saturated rings. The minimum Gasteiger partial charge on any atom is -0.321 e. The highest BCUT2D eigenvalue weighted by Gasteiger charge is 2.43. The third kappa shape index (κ3) is 1.67. The minimum atomic E-state index is -0.126. The Hall–Kier alpha value is -1.61. The highest BCUT2D eigenvalue weighted by atomic mass is 15.3. The van der Waals surface area contributed by atoms with Gasteiger partial charge in [0.15, 0.2) is 0 Å². The van der Waals surface area contributed by atoms with Crippen LogP contribution in [0.1, 0.15) is 25.3 Å². The van der Waals surface area contributed by atoms with Crippen molar-refractivity contribution in [1.82, 2.24) is 9.78 Å². The van der Waals surface area contributed by atoms with Crippen molar-refractivity contribution in [3.05, 3.63) is 42.1 Å². The molecule has 3 heteroatoms. The summed E-state index contributed by atoms with van der Waals surface area (Å²) >= 11 is 0. The lowest BCUT2D eigenvalue weighted by molar-refractivity contribution is 0.664. The van der Waals surface area contributed by atoms with Crippen molar-refractivity contribution >= 4 is 0 Å². The van der Waals surface area contributed by atoms with Gasteiger partial charge in [0.25, 0.3) is 0 Å². The lowest BCUT2D eigenvalue weighted by atomic mass is 10.0. The van der Waals surface area contributed by atoms with Crippen LogP contribution in [0, 0.1) is 0 Å². The van der Waals surface area contributed by atoms with Gasteiger partial charge >= 0.3 is 0 Å². The van der Waals surface area contributed by atoms with Crippen molar-refractivity contribution in [2.24, 2.45) is 5.73 Å². The number of hydrogen-bond acceptors (Lipinski definition) is 2. The summed E-state index contributed by atoms with van der Waals surface area (Å²) in [6.07, 6.45) is 4.09. The van der Waals surface area contributed by atoms with Crippen LogP contribution >= 0.6 is 0 Å². The largest absolute Gasteiger partial charge is 0.321 e. The molecule has 0 atom stereocenters. The Balaban J connectivity index is 2.16. The summed E-state index contributed by atoms with van der Waals surface area (Å²) in [5.41, 5.74) is 9.79. The van der Waals surface area contributed by atoms with E-state index in [2.05, 4.69) is 36.3 Å². The topological polar surface area (TPSA) is 43.8 Å². The van der Waals surface area contributed by atoms with Gasteiger partial charge in [-0.2, -0.15) is 5.10 Å². The quantitative estimate of drug-likeness (QED) is 0.875. The molecule has 0 bridgehead atoms. The van der Waals surface area contributed by atoms with E-state index in [4.69, 9.17) is 5.73 Å². The number of aromatic nitrogens is 2. The zero-order valence-electron chi connectivity index (χ0n) is 10.1. The monoisotopic (exact) mass is 227 g/mol. The molecule has 0 spiro atoms. The van der Waals surface area contributed by atoms with Crippen molar-refractivity contribution in [3.8, 4) is 11.3 Å². The van der Waals surface area contributed by atoms with Gasteiger partial charge in [0, 0.05) is 23.2 Å². The molecule has 0 saturated heterocycles. The molecule has 17 heavy (non-hydrogen) atoms. The van der Waals surface area contributed by atoms with Crippen LogP contribution in [0.4, 0.5) is 0 Å². The van der Waals surface area contributed by atoms with Crippen molar-refractivity contribution in [3.63, 3.8) is 0 Å². The third-order valence-electron chi connectivity index (χ3n) is 3.51. The molecule has 1 heterocycles. The molecule has 0 aliphatic heterocycles. The predicted molar refractivity (Wildman–Crippen MR) is 68.4 cm³/mol. The summed E-state index contributed by atoms with van der Waals surface area (Å²) in [6, 6.07) is 10.4. The second-order valence-electron chi connectivity index (χ2n) is 4.74. The molecular formula is C14H17N3. The normalized spacial score (nSPS) is 17.1. The van der Waals surface area contributed by atoms with Gasteiger partial charge in [-0.3, -0.25) is 4.68 Å². The second-order valence-corrected chi connectivity index (χ2v) is 4.74. The van der Waals surface area contributed by atoms with Crippen LogP contribution in [0.5, 0.6) is 0 Å².